The molecule has 0 bridgehead atoms. The number of rotatable bonds is 5. The van der Waals surface area contributed by atoms with Gasteiger partial charge in [0.25, 0.3) is 0 Å². The van der Waals surface area contributed by atoms with Crippen LogP contribution in [0.25, 0.3) is 33.3 Å². The molecule has 3 aromatic heterocycles. The first kappa shape index (κ1) is 16.6. The minimum atomic E-state index is 0.594. The lowest BCUT2D eigenvalue weighted by molar-refractivity contribution is 0.945. The number of nitrogens with one attached hydrogen (secondary N) is 1. The zero-order valence-corrected chi connectivity index (χ0v) is 15.1. The van der Waals surface area contributed by atoms with Crippen LogP contribution in [0, 0.1) is 6.92 Å². The summed E-state index contributed by atoms with van der Waals surface area (Å²) in [5, 5.41) is 8.42. The van der Waals surface area contributed by atoms with Gasteiger partial charge >= 0.3 is 0 Å². The second kappa shape index (κ2) is 7.15. The summed E-state index contributed by atoms with van der Waals surface area (Å²) in [7, 11) is 0. The van der Waals surface area contributed by atoms with Crippen molar-refractivity contribution < 1.29 is 0 Å². The van der Waals surface area contributed by atoms with Crippen LogP contribution in [0.3, 0.4) is 0 Å². The van der Waals surface area contributed by atoms with Gasteiger partial charge in [-0.1, -0.05) is 30.3 Å². The maximum Gasteiger partial charge on any atom is 0.181 e. The van der Waals surface area contributed by atoms with Gasteiger partial charge < -0.3 is 5.73 Å². The number of nitrogens with zero attached hydrogens (tertiary/aromatic N) is 4. The third-order valence-electron chi connectivity index (χ3n) is 4.00. The summed E-state index contributed by atoms with van der Waals surface area (Å²) in [6.45, 7) is 2.58. The second-order valence-corrected chi connectivity index (χ2v) is 6.94. The number of aromatic nitrogens is 5. The molecule has 0 fully saturated rings. The highest BCUT2D eigenvalue weighted by Crippen LogP contribution is 2.29. The van der Waals surface area contributed by atoms with Crippen molar-refractivity contribution >= 4 is 11.3 Å². The maximum absolute atomic E-state index is 5.62. The number of nitrogens with two attached hydrogens (primary N) is 1. The largest absolute Gasteiger partial charge is 0.330 e. The lowest BCUT2D eigenvalue weighted by Gasteiger charge is -2.01. The Balaban J connectivity index is 1.60. The van der Waals surface area contributed by atoms with Crippen LogP contribution in [0.4, 0.5) is 0 Å². The predicted molar refractivity (Wildman–Crippen MR) is 104 cm³/mol. The lowest BCUT2D eigenvalue weighted by atomic mass is 10.1. The molecule has 4 aromatic rings. The number of aryl methyl sites for hydroxylation is 1. The molecular formula is C19H18N6S. The molecule has 0 atom stereocenters. The van der Waals surface area contributed by atoms with Gasteiger partial charge in [0.15, 0.2) is 11.6 Å². The Labute approximate surface area is 155 Å². The SMILES string of the molecule is Cc1nc(CCN)sc1-c1nc(-c2ccc(-c3ccccn3)cc2)n[nH]1. The molecule has 0 saturated carbocycles. The molecule has 130 valence electrons. The fourth-order valence-corrected chi connectivity index (χ4v) is 3.74. The van der Waals surface area contributed by atoms with E-state index in [1.165, 1.54) is 0 Å². The van der Waals surface area contributed by atoms with Crippen LogP contribution >= 0.6 is 11.3 Å². The van der Waals surface area contributed by atoms with E-state index in [4.69, 9.17) is 5.73 Å². The molecule has 0 saturated heterocycles. The fourth-order valence-electron chi connectivity index (χ4n) is 2.72. The third kappa shape index (κ3) is 3.26. The van der Waals surface area contributed by atoms with Gasteiger partial charge in [-0.05, 0) is 25.6 Å². The number of hydrogen-bond acceptors (Lipinski definition) is 6. The molecule has 0 radical (unpaired) electrons. The molecule has 4 rings (SSSR count). The molecule has 3 N–H and O–H groups in total. The zero-order chi connectivity index (χ0) is 17.9. The van der Waals surface area contributed by atoms with Gasteiger partial charge in [0, 0.05) is 23.7 Å². The molecule has 7 heteroatoms. The van der Waals surface area contributed by atoms with Gasteiger partial charge in [-0.25, -0.2) is 9.97 Å². The standard InChI is InChI=1S/C19H18N6S/c1-12-17(26-16(22-12)9-10-20)19-23-18(24-25-19)14-7-5-13(6-8-14)15-4-2-3-11-21-15/h2-8,11H,9-10,20H2,1H3,(H,23,24,25). The average Bonchev–Trinajstić information content (AvgIpc) is 3.30. The first-order valence-corrected chi connectivity index (χ1v) is 9.17. The molecule has 6 nitrogen and oxygen atoms in total. The van der Waals surface area contributed by atoms with Crippen LogP contribution in [0.5, 0.6) is 0 Å². The van der Waals surface area contributed by atoms with E-state index in [2.05, 4.69) is 25.1 Å². The monoisotopic (exact) mass is 362 g/mol. The average molecular weight is 362 g/mol. The van der Waals surface area contributed by atoms with Crippen molar-refractivity contribution in [3.63, 3.8) is 0 Å². The third-order valence-corrected chi connectivity index (χ3v) is 5.23. The van der Waals surface area contributed by atoms with Crippen molar-refractivity contribution in [3.05, 3.63) is 59.4 Å². The molecule has 3 heterocycles. The number of hydrogen-bond donors (Lipinski definition) is 2. The van der Waals surface area contributed by atoms with Crippen molar-refractivity contribution in [2.75, 3.05) is 6.54 Å². The normalized spacial score (nSPS) is 11.0. The van der Waals surface area contributed by atoms with E-state index < -0.39 is 0 Å². The molecule has 1 aromatic carbocycles. The van der Waals surface area contributed by atoms with E-state index in [-0.39, 0.29) is 0 Å². The van der Waals surface area contributed by atoms with E-state index in [1.54, 1.807) is 17.5 Å². The first-order valence-electron chi connectivity index (χ1n) is 8.35. The van der Waals surface area contributed by atoms with Crippen molar-refractivity contribution in [2.45, 2.75) is 13.3 Å². The summed E-state index contributed by atoms with van der Waals surface area (Å²) in [4.78, 5) is 14.6. The number of H-pyrrole nitrogens is 1. The molecule has 0 aliphatic heterocycles. The van der Waals surface area contributed by atoms with E-state index in [0.29, 0.717) is 12.4 Å². The van der Waals surface area contributed by atoms with Gasteiger partial charge in [-0.2, -0.15) is 5.10 Å². The van der Waals surface area contributed by atoms with E-state index in [0.717, 1.165) is 44.6 Å². The summed E-state index contributed by atoms with van der Waals surface area (Å²) in [6.07, 6.45) is 2.57. The van der Waals surface area contributed by atoms with E-state index in [1.807, 2.05) is 49.4 Å². The summed E-state index contributed by atoms with van der Waals surface area (Å²) >= 11 is 1.61. The predicted octanol–water partition coefficient (Wildman–Crippen LogP) is 3.47. The quantitative estimate of drug-likeness (QED) is 0.567. The molecule has 0 aliphatic carbocycles. The van der Waals surface area contributed by atoms with Gasteiger partial charge in [0.1, 0.15) is 0 Å². The second-order valence-electron chi connectivity index (χ2n) is 5.86. The topological polar surface area (TPSA) is 93.4 Å². The Bertz CT molecular complexity index is 1000. The number of thiazole rings is 1. The summed E-state index contributed by atoms with van der Waals surface area (Å²) in [6, 6.07) is 14.0. The number of pyridine rings is 1. The first-order chi connectivity index (χ1) is 12.7. The number of aromatic amines is 1. The molecular weight excluding hydrogens is 344 g/mol. The Kier molecular flexibility index (Phi) is 4.55. The van der Waals surface area contributed by atoms with Crippen molar-refractivity contribution in [3.8, 4) is 33.3 Å². The minimum Gasteiger partial charge on any atom is -0.330 e. The van der Waals surface area contributed by atoms with Crippen LogP contribution in [0.15, 0.2) is 48.7 Å². The Morgan fingerprint density at radius 1 is 1.04 bits per heavy atom. The van der Waals surface area contributed by atoms with Crippen LogP contribution in [-0.2, 0) is 6.42 Å². The lowest BCUT2D eigenvalue weighted by Crippen LogP contribution is -2.01. The van der Waals surface area contributed by atoms with Crippen molar-refractivity contribution in [1.82, 2.24) is 25.1 Å². The summed E-state index contributed by atoms with van der Waals surface area (Å²) < 4.78 is 0. The van der Waals surface area contributed by atoms with Gasteiger partial charge in [0.05, 0.1) is 21.3 Å². The zero-order valence-electron chi connectivity index (χ0n) is 14.3. The molecule has 0 aliphatic rings. The van der Waals surface area contributed by atoms with E-state index in [9.17, 15) is 0 Å². The molecule has 26 heavy (non-hydrogen) atoms. The maximum atomic E-state index is 5.62. The van der Waals surface area contributed by atoms with Crippen molar-refractivity contribution in [2.24, 2.45) is 5.73 Å². The van der Waals surface area contributed by atoms with Crippen LogP contribution < -0.4 is 5.73 Å². The highest BCUT2D eigenvalue weighted by atomic mass is 32.1. The number of benzene rings is 1. The van der Waals surface area contributed by atoms with Gasteiger partial charge in [-0.3, -0.25) is 10.1 Å². The Hall–Kier alpha value is -2.90. The Morgan fingerprint density at radius 3 is 2.58 bits per heavy atom. The van der Waals surface area contributed by atoms with E-state index >= 15 is 0 Å². The highest BCUT2D eigenvalue weighted by molar-refractivity contribution is 7.15. The summed E-state index contributed by atoms with van der Waals surface area (Å²) in [5.41, 5.74) is 9.54. The van der Waals surface area contributed by atoms with Crippen LogP contribution in [0.1, 0.15) is 10.7 Å². The fraction of sp³-hybridized carbons (Fsp3) is 0.158. The highest BCUT2D eigenvalue weighted by Gasteiger charge is 2.14. The van der Waals surface area contributed by atoms with Crippen molar-refractivity contribution in [1.29, 1.82) is 0 Å². The van der Waals surface area contributed by atoms with Gasteiger partial charge in [-0.15, -0.1) is 11.3 Å². The van der Waals surface area contributed by atoms with Gasteiger partial charge in [0.2, 0.25) is 0 Å². The van der Waals surface area contributed by atoms with Crippen LogP contribution in [0.2, 0.25) is 0 Å². The molecule has 0 spiro atoms. The van der Waals surface area contributed by atoms with Crippen LogP contribution in [-0.4, -0.2) is 31.7 Å². The summed E-state index contributed by atoms with van der Waals surface area (Å²) in [5.74, 6) is 1.41. The molecule has 0 amide bonds. The minimum absolute atomic E-state index is 0.594. The Morgan fingerprint density at radius 2 is 1.85 bits per heavy atom. The smallest absolute Gasteiger partial charge is 0.181 e. The molecule has 0 unspecified atom stereocenters.